The van der Waals surface area contributed by atoms with Gasteiger partial charge in [-0.3, -0.25) is 9.59 Å². The molecule has 0 aliphatic carbocycles. The van der Waals surface area contributed by atoms with Crippen LogP contribution in [0.1, 0.15) is 66.4 Å². The third kappa shape index (κ3) is 22.3. The molecule has 1 rings (SSSR count). The van der Waals surface area contributed by atoms with E-state index in [-0.39, 0.29) is 26.1 Å². The van der Waals surface area contributed by atoms with E-state index in [0.717, 1.165) is 5.56 Å². The number of likely N-dealkylation sites (N-methyl/N-ethyl adjacent to an activating group) is 2. The van der Waals surface area contributed by atoms with E-state index in [9.17, 15) is 19.2 Å². The number of nitrogens with two attached hydrogens (primary N) is 2. The molecule has 1 aromatic rings. The van der Waals surface area contributed by atoms with Crippen molar-refractivity contribution < 1.29 is 23.9 Å². The molecule has 1 atom stereocenters. The summed E-state index contributed by atoms with van der Waals surface area (Å²) in [6.07, 6.45) is 1.54. The zero-order valence-electron chi connectivity index (χ0n) is 25.2. The maximum absolute atomic E-state index is 12.6. The van der Waals surface area contributed by atoms with Crippen LogP contribution in [0, 0.1) is 0 Å². The summed E-state index contributed by atoms with van der Waals surface area (Å²) in [6.45, 7) is 13.6. The van der Waals surface area contributed by atoms with Gasteiger partial charge in [-0.15, -0.1) is 0 Å². The fourth-order valence-electron chi connectivity index (χ4n) is 2.58. The lowest BCUT2D eigenvalue weighted by molar-refractivity contribution is -0.125. The Labute approximate surface area is 235 Å². The molecule has 39 heavy (non-hydrogen) atoms. The van der Waals surface area contributed by atoms with Gasteiger partial charge in [-0.25, -0.2) is 9.59 Å². The SMILES string of the molecule is CC.CC.CCC.CNCCN(C)C(=O)OCc1ccc(NC(=O)C(CCCNC(N)=O)NC(=O)CN)cc1. The molecular formula is C27H53N7O5. The minimum absolute atomic E-state index is 0.0962. The molecule has 1 aromatic carbocycles. The monoisotopic (exact) mass is 555 g/mol. The predicted octanol–water partition coefficient (Wildman–Crippen LogP) is 2.77. The summed E-state index contributed by atoms with van der Waals surface area (Å²) < 4.78 is 5.25. The van der Waals surface area contributed by atoms with E-state index < -0.39 is 30.0 Å². The molecule has 0 bridgehead atoms. The molecule has 0 saturated heterocycles. The smallest absolute Gasteiger partial charge is 0.409 e. The van der Waals surface area contributed by atoms with Crippen molar-refractivity contribution >= 4 is 29.6 Å². The number of urea groups is 1. The minimum Gasteiger partial charge on any atom is -0.445 e. The average Bonchev–Trinajstić information content (AvgIpc) is 2.94. The molecule has 1 unspecified atom stereocenters. The van der Waals surface area contributed by atoms with Crippen molar-refractivity contribution in [2.24, 2.45) is 11.5 Å². The Hall–Kier alpha value is -3.38. The molecule has 0 radical (unpaired) electrons. The minimum atomic E-state index is -0.825. The van der Waals surface area contributed by atoms with E-state index in [1.165, 1.54) is 11.3 Å². The first kappa shape index (κ1) is 40.1. The molecule has 0 heterocycles. The number of anilines is 1. The van der Waals surface area contributed by atoms with Gasteiger partial charge in [0.2, 0.25) is 11.8 Å². The first-order valence-corrected chi connectivity index (χ1v) is 13.6. The number of hydrogen-bond donors (Lipinski definition) is 6. The van der Waals surface area contributed by atoms with E-state index in [1.54, 1.807) is 38.4 Å². The highest BCUT2D eigenvalue weighted by Crippen LogP contribution is 2.12. The predicted molar refractivity (Wildman–Crippen MR) is 158 cm³/mol. The van der Waals surface area contributed by atoms with Gasteiger partial charge < -0.3 is 42.4 Å². The van der Waals surface area contributed by atoms with Gasteiger partial charge in [0.15, 0.2) is 0 Å². The molecule has 5 amide bonds. The second-order valence-electron chi connectivity index (χ2n) is 7.73. The maximum atomic E-state index is 12.6. The number of nitrogens with zero attached hydrogens (tertiary/aromatic N) is 1. The van der Waals surface area contributed by atoms with Crippen LogP contribution in [0.3, 0.4) is 0 Å². The van der Waals surface area contributed by atoms with Gasteiger partial charge in [0.25, 0.3) is 0 Å². The van der Waals surface area contributed by atoms with Gasteiger partial charge >= 0.3 is 12.1 Å². The summed E-state index contributed by atoms with van der Waals surface area (Å²) >= 11 is 0. The van der Waals surface area contributed by atoms with Crippen LogP contribution < -0.4 is 32.7 Å². The first-order valence-electron chi connectivity index (χ1n) is 13.6. The number of rotatable bonds is 13. The number of amides is 5. The number of benzene rings is 1. The van der Waals surface area contributed by atoms with E-state index in [4.69, 9.17) is 16.2 Å². The molecule has 0 saturated carbocycles. The molecule has 0 aliphatic rings. The highest BCUT2D eigenvalue weighted by Gasteiger charge is 2.20. The summed E-state index contributed by atoms with van der Waals surface area (Å²) in [5, 5.41) is 10.7. The number of primary amides is 1. The van der Waals surface area contributed by atoms with Crippen molar-refractivity contribution in [1.29, 1.82) is 0 Å². The Bertz CT molecular complexity index is 776. The van der Waals surface area contributed by atoms with Gasteiger partial charge in [0.1, 0.15) is 12.6 Å². The van der Waals surface area contributed by atoms with Gasteiger partial charge in [-0.1, -0.05) is 60.1 Å². The fourth-order valence-corrected chi connectivity index (χ4v) is 2.58. The second kappa shape index (κ2) is 27.6. The Kier molecular flexibility index (Phi) is 28.4. The summed E-state index contributed by atoms with van der Waals surface area (Å²) in [4.78, 5) is 48.4. The quantitative estimate of drug-likeness (QED) is 0.202. The molecule has 0 fully saturated rings. The van der Waals surface area contributed by atoms with E-state index in [0.29, 0.717) is 25.2 Å². The van der Waals surface area contributed by atoms with E-state index >= 15 is 0 Å². The molecule has 0 aliphatic heterocycles. The van der Waals surface area contributed by atoms with Gasteiger partial charge in [0, 0.05) is 32.4 Å². The topological polar surface area (TPSA) is 181 Å². The van der Waals surface area contributed by atoms with Gasteiger partial charge in [-0.2, -0.15) is 0 Å². The zero-order chi connectivity index (χ0) is 30.6. The van der Waals surface area contributed by atoms with Gasteiger partial charge in [0.05, 0.1) is 6.54 Å². The molecule has 12 nitrogen and oxygen atoms in total. The zero-order valence-corrected chi connectivity index (χ0v) is 25.2. The number of nitrogens with one attached hydrogen (secondary N) is 4. The van der Waals surface area contributed by atoms with Crippen molar-refractivity contribution in [1.82, 2.24) is 20.9 Å². The summed E-state index contributed by atoms with van der Waals surface area (Å²) in [6, 6.07) is 5.30. The van der Waals surface area contributed by atoms with Crippen molar-refractivity contribution in [3.63, 3.8) is 0 Å². The Balaban J connectivity index is -0.00000169. The number of ether oxygens (including phenoxy) is 1. The van der Waals surface area contributed by atoms with Crippen LogP contribution in [-0.4, -0.2) is 75.2 Å². The normalized spacial score (nSPS) is 9.97. The average molecular weight is 556 g/mol. The Morgan fingerprint density at radius 2 is 1.56 bits per heavy atom. The van der Waals surface area contributed by atoms with Crippen LogP contribution in [0.25, 0.3) is 0 Å². The van der Waals surface area contributed by atoms with Crippen molar-refractivity contribution in [3.05, 3.63) is 29.8 Å². The highest BCUT2D eigenvalue weighted by molar-refractivity contribution is 5.97. The lowest BCUT2D eigenvalue weighted by atomic mass is 10.1. The van der Waals surface area contributed by atoms with Gasteiger partial charge in [-0.05, 0) is 37.6 Å². The summed E-state index contributed by atoms with van der Waals surface area (Å²) in [7, 11) is 3.46. The number of hydrogen-bond acceptors (Lipinski definition) is 7. The molecule has 0 spiro atoms. The first-order chi connectivity index (χ1) is 18.7. The summed E-state index contributed by atoms with van der Waals surface area (Å²) in [5.41, 5.74) is 11.6. The Morgan fingerprint density at radius 3 is 2.05 bits per heavy atom. The van der Waals surface area contributed by atoms with Crippen LogP contribution >= 0.6 is 0 Å². The standard InChI is InChI=1S/C20H33N7O5.C3H8.2C2H6/c1-23-10-11-27(2)20(31)32-13-14-5-7-15(8-6-14)25-18(29)16(26-17(28)12-21)4-3-9-24-19(22)30;1-3-2;2*1-2/h5-8,16,23H,3-4,9-13,21H2,1-2H3,(H,25,29)(H,26,28)(H3,22,24,30);3H2,1-2H3;2*1-2H3. The van der Waals surface area contributed by atoms with E-state index in [2.05, 4.69) is 35.1 Å². The molecular weight excluding hydrogens is 502 g/mol. The van der Waals surface area contributed by atoms with E-state index in [1.807, 2.05) is 27.7 Å². The molecule has 12 heteroatoms. The Morgan fingerprint density at radius 1 is 1.00 bits per heavy atom. The number of carbonyl (C=O) groups excluding carboxylic acids is 4. The van der Waals surface area contributed by atoms with Crippen LogP contribution in [0.5, 0.6) is 0 Å². The fraction of sp³-hybridized carbons (Fsp3) is 0.630. The van der Waals surface area contributed by atoms with Crippen molar-refractivity contribution in [2.75, 3.05) is 45.6 Å². The number of carbonyl (C=O) groups is 4. The lowest BCUT2D eigenvalue weighted by Crippen LogP contribution is -2.46. The summed E-state index contributed by atoms with van der Waals surface area (Å²) in [5.74, 6) is -0.888. The van der Waals surface area contributed by atoms with Crippen LogP contribution in [0.4, 0.5) is 15.3 Å². The largest absolute Gasteiger partial charge is 0.445 e. The highest BCUT2D eigenvalue weighted by atomic mass is 16.6. The molecule has 8 N–H and O–H groups in total. The van der Waals surface area contributed by atoms with Crippen molar-refractivity contribution in [2.45, 2.75) is 73.5 Å². The molecule has 0 aromatic heterocycles. The van der Waals surface area contributed by atoms with Crippen LogP contribution in [-0.2, 0) is 20.9 Å². The third-order valence-corrected chi connectivity index (χ3v) is 4.40. The molecule has 226 valence electrons. The lowest BCUT2D eigenvalue weighted by Gasteiger charge is -2.18. The van der Waals surface area contributed by atoms with Crippen LogP contribution in [0.15, 0.2) is 24.3 Å². The van der Waals surface area contributed by atoms with Crippen molar-refractivity contribution in [3.8, 4) is 0 Å². The van der Waals surface area contributed by atoms with Crippen LogP contribution in [0.2, 0.25) is 0 Å². The maximum Gasteiger partial charge on any atom is 0.409 e. The third-order valence-electron chi connectivity index (χ3n) is 4.40. The second-order valence-corrected chi connectivity index (χ2v) is 7.73.